The summed E-state index contributed by atoms with van der Waals surface area (Å²) in [6.45, 7) is 3.13. The van der Waals surface area contributed by atoms with Gasteiger partial charge in [0.05, 0.1) is 9.95 Å². The molecule has 0 aliphatic carbocycles. The Balaban J connectivity index is 2.51. The van der Waals surface area contributed by atoms with Crippen LogP contribution < -0.4 is 4.18 Å². The summed E-state index contributed by atoms with van der Waals surface area (Å²) in [5.74, 6) is 0.154. The van der Waals surface area contributed by atoms with Crippen LogP contribution in [0.4, 0.5) is 5.69 Å². The van der Waals surface area contributed by atoms with Gasteiger partial charge in [0.15, 0.2) is 0 Å². The summed E-state index contributed by atoms with van der Waals surface area (Å²) >= 11 is 5.88. The zero-order valence-corrected chi connectivity index (χ0v) is 13.3. The van der Waals surface area contributed by atoms with Gasteiger partial charge in [-0.2, -0.15) is 8.42 Å². The van der Waals surface area contributed by atoms with Crippen molar-refractivity contribution in [1.29, 1.82) is 0 Å². The summed E-state index contributed by atoms with van der Waals surface area (Å²) in [6.07, 6.45) is 0. The zero-order chi connectivity index (χ0) is 16.5. The topological polar surface area (TPSA) is 86.5 Å². The molecule has 0 amide bonds. The fraction of sp³-hybridized carbons (Fsp3) is 0.143. The predicted molar refractivity (Wildman–Crippen MR) is 81.8 cm³/mol. The minimum absolute atomic E-state index is 0.0128. The van der Waals surface area contributed by atoms with Gasteiger partial charge in [0.25, 0.3) is 5.69 Å². The minimum atomic E-state index is -4.22. The number of aryl methyl sites for hydroxylation is 1. The summed E-state index contributed by atoms with van der Waals surface area (Å²) in [4.78, 5) is 9.93. The zero-order valence-electron chi connectivity index (χ0n) is 11.7. The molecule has 6 nitrogen and oxygen atoms in total. The first-order chi connectivity index (χ1) is 10.2. The monoisotopic (exact) mass is 341 g/mol. The van der Waals surface area contributed by atoms with Gasteiger partial charge in [0.2, 0.25) is 0 Å². The normalized spacial score (nSPS) is 11.2. The molecule has 0 saturated heterocycles. The molecular formula is C14H12ClNO5S. The summed E-state index contributed by atoms with van der Waals surface area (Å²) in [5, 5.41) is 11.0. The van der Waals surface area contributed by atoms with Crippen LogP contribution in [0.25, 0.3) is 0 Å². The molecule has 0 aliphatic heterocycles. The first-order valence-electron chi connectivity index (χ1n) is 6.17. The van der Waals surface area contributed by atoms with E-state index in [9.17, 15) is 18.5 Å². The molecule has 0 saturated carbocycles. The van der Waals surface area contributed by atoms with Gasteiger partial charge in [-0.1, -0.05) is 29.8 Å². The number of halogens is 1. The quantitative estimate of drug-likeness (QED) is 0.481. The maximum absolute atomic E-state index is 12.3. The van der Waals surface area contributed by atoms with E-state index >= 15 is 0 Å². The lowest BCUT2D eigenvalue weighted by molar-refractivity contribution is -0.385. The molecule has 0 N–H and O–H groups in total. The van der Waals surface area contributed by atoms with Crippen LogP contribution in [0.15, 0.2) is 41.3 Å². The molecule has 0 aromatic heterocycles. The molecule has 0 fully saturated rings. The maximum atomic E-state index is 12.3. The molecule has 0 radical (unpaired) electrons. The molecule has 2 rings (SSSR count). The van der Waals surface area contributed by atoms with Crippen molar-refractivity contribution < 1.29 is 17.5 Å². The third-order valence-electron chi connectivity index (χ3n) is 3.07. The number of nitro groups is 1. The maximum Gasteiger partial charge on any atom is 0.339 e. The molecule has 0 heterocycles. The van der Waals surface area contributed by atoms with E-state index in [0.717, 1.165) is 12.1 Å². The lowest BCUT2D eigenvalue weighted by Crippen LogP contribution is -2.11. The molecule has 116 valence electrons. The number of nitrogens with zero attached hydrogens (tertiary/aromatic N) is 1. The first-order valence-corrected chi connectivity index (χ1v) is 7.95. The fourth-order valence-electron chi connectivity index (χ4n) is 1.79. The van der Waals surface area contributed by atoms with Crippen molar-refractivity contribution in [2.45, 2.75) is 18.7 Å². The van der Waals surface area contributed by atoms with Gasteiger partial charge in [-0.3, -0.25) is 10.1 Å². The van der Waals surface area contributed by atoms with Gasteiger partial charge in [-0.15, -0.1) is 0 Å². The van der Waals surface area contributed by atoms with Gasteiger partial charge < -0.3 is 4.18 Å². The predicted octanol–water partition coefficient (Wildman–Crippen LogP) is 3.63. The Hall–Kier alpha value is -2.12. The summed E-state index contributed by atoms with van der Waals surface area (Å²) in [7, 11) is -4.22. The second-order valence-electron chi connectivity index (χ2n) is 4.61. The van der Waals surface area contributed by atoms with Crippen molar-refractivity contribution in [1.82, 2.24) is 0 Å². The lowest BCUT2D eigenvalue weighted by Gasteiger charge is -2.10. The smallest absolute Gasteiger partial charge is 0.339 e. The molecule has 2 aromatic carbocycles. The average molecular weight is 342 g/mol. The van der Waals surface area contributed by atoms with Gasteiger partial charge >= 0.3 is 10.1 Å². The van der Waals surface area contributed by atoms with Crippen molar-refractivity contribution in [3.63, 3.8) is 0 Å². The first kappa shape index (κ1) is 16.3. The number of rotatable bonds is 4. The van der Waals surface area contributed by atoms with Gasteiger partial charge in [0, 0.05) is 11.6 Å². The Morgan fingerprint density at radius 1 is 1.18 bits per heavy atom. The lowest BCUT2D eigenvalue weighted by atomic mass is 10.2. The van der Waals surface area contributed by atoms with E-state index in [-0.39, 0.29) is 26.9 Å². The van der Waals surface area contributed by atoms with Crippen LogP contribution in [-0.2, 0) is 10.1 Å². The van der Waals surface area contributed by atoms with Crippen molar-refractivity contribution in [3.8, 4) is 5.75 Å². The summed E-state index contributed by atoms with van der Waals surface area (Å²) in [6, 6.07) is 8.63. The highest BCUT2D eigenvalue weighted by Crippen LogP contribution is 2.31. The number of benzene rings is 2. The summed E-state index contributed by atoms with van der Waals surface area (Å²) in [5.41, 5.74) is 0.444. The van der Waals surface area contributed by atoms with E-state index in [0.29, 0.717) is 5.56 Å². The van der Waals surface area contributed by atoms with Crippen molar-refractivity contribution in [2.75, 3.05) is 0 Å². The van der Waals surface area contributed by atoms with Crippen LogP contribution in [-0.4, -0.2) is 13.3 Å². The number of para-hydroxylation sites is 1. The van der Waals surface area contributed by atoms with Crippen molar-refractivity contribution in [3.05, 3.63) is 62.7 Å². The highest BCUT2D eigenvalue weighted by molar-refractivity contribution is 7.87. The van der Waals surface area contributed by atoms with Crippen molar-refractivity contribution in [2.24, 2.45) is 0 Å². The Morgan fingerprint density at radius 3 is 2.41 bits per heavy atom. The van der Waals surface area contributed by atoms with E-state index in [1.165, 1.54) is 13.0 Å². The molecule has 22 heavy (non-hydrogen) atoms. The average Bonchev–Trinajstić information content (AvgIpc) is 2.43. The molecule has 0 aliphatic rings. The second kappa shape index (κ2) is 5.94. The molecule has 0 bridgehead atoms. The molecule has 0 atom stereocenters. The standard InChI is InChI=1S/C14H12ClNO5S/c1-9-5-3-4-6-14(9)21-22(19,20)11-7-12(15)10(2)13(8-11)16(17)18/h3-8H,1-2H3. The van der Waals surface area contributed by atoms with E-state index in [1.54, 1.807) is 25.1 Å². The molecule has 0 unspecified atom stereocenters. The van der Waals surface area contributed by atoms with Crippen LogP contribution in [0.3, 0.4) is 0 Å². The molecule has 0 spiro atoms. The second-order valence-corrected chi connectivity index (χ2v) is 6.56. The Labute approximate surface area is 132 Å². The third kappa shape index (κ3) is 3.20. The van der Waals surface area contributed by atoms with Gasteiger partial charge in [0.1, 0.15) is 10.6 Å². The van der Waals surface area contributed by atoms with E-state index < -0.39 is 15.0 Å². The Bertz CT molecular complexity index is 848. The van der Waals surface area contributed by atoms with Crippen LogP contribution in [0.5, 0.6) is 5.75 Å². The third-order valence-corrected chi connectivity index (χ3v) is 4.67. The fourth-order valence-corrected chi connectivity index (χ4v) is 3.11. The summed E-state index contributed by atoms with van der Waals surface area (Å²) < 4.78 is 29.6. The molecular weight excluding hydrogens is 330 g/mol. The van der Waals surface area contributed by atoms with Crippen LogP contribution in [0.1, 0.15) is 11.1 Å². The van der Waals surface area contributed by atoms with Crippen molar-refractivity contribution >= 4 is 27.4 Å². The van der Waals surface area contributed by atoms with Gasteiger partial charge in [-0.05, 0) is 31.5 Å². The van der Waals surface area contributed by atoms with Crippen LogP contribution in [0.2, 0.25) is 5.02 Å². The van der Waals surface area contributed by atoms with E-state index in [4.69, 9.17) is 15.8 Å². The number of hydrogen-bond acceptors (Lipinski definition) is 5. The Kier molecular flexibility index (Phi) is 4.39. The molecule has 2 aromatic rings. The van der Waals surface area contributed by atoms with Gasteiger partial charge in [-0.25, -0.2) is 0 Å². The largest absolute Gasteiger partial charge is 0.379 e. The highest BCUT2D eigenvalue weighted by Gasteiger charge is 2.24. The number of hydrogen-bond donors (Lipinski definition) is 0. The van der Waals surface area contributed by atoms with Crippen LogP contribution in [0, 0.1) is 24.0 Å². The minimum Gasteiger partial charge on any atom is -0.379 e. The van der Waals surface area contributed by atoms with E-state index in [1.807, 2.05) is 0 Å². The molecule has 8 heteroatoms. The highest BCUT2D eigenvalue weighted by atomic mass is 35.5. The SMILES string of the molecule is Cc1ccccc1OS(=O)(=O)c1cc(Cl)c(C)c([N+](=O)[O-])c1. The van der Waals surface area contributed by atoms with E-state index in [2.05, 4.69) is 0 Å². The Morgan fingerprint density at radius 2 is 1.82 bits per heavy atom. The number of nitro benzene ring substituents is 1. The van der Waals surface area contributed by atoms with Crippen LogP contribution >= 0.6 is 11.6 Å².